The van der Waals surface area contributed by atoms with E-state index in [-0.39, 0.29) is 18.4 Å². The second kappa shape index (κ2) is 11.5. The molecule has 2 amide bonds. The van der Waals surface area contributed by atoms with E-state index in [0.29, 0.717) is 29.7 Å². The van der Waals surface area contributed by atoms with Crippen LogP contribution in [0.1, 0.15) is 55.1 Å². The number of aldehydes is 1. The largest absolute Gasteiger partial charge is 0.481 e. The van der Waals surface area contributed by atoms with Crippen molar-refractivity contribution in [3.63, 3.8) is 0 Å². The van der Waals surface area contributed by atoms with E-state index in [9.17, 15) is 19.2 Å². The molecule has 0 saturated heterocycles. The van der Waals surface area contributed by atoms with Crippen LogP contribution < -0.4 is 10.6 Å². The van der Waals surface area contributed by atoms with Crippen molar-refractivity contribution in [1.29, 1.82) is 0 Å². The molecule has 0 radical (unpaired) electrons. The number of carboxylic acid groups (broad SMARTS) is 1. The normalized spacial score (nSPS) is 20.2. The van der Waals surface area contributed by atoms with Gasteiger partial charge in [-0.15, -0.1) is 0 Å². The smallest absolute Gasteiger partial charge is 0.307 e. The second-order valence-corrected chi connectivity index (χ2v) is 10.0. The summed E-state index contributed by atoms with van der Waals surface area (Å²) in [6.45, 7) is 9.23. The number of hydrogen-bond donors (Lipinski definition) is 3. The highest BCUT2D eigenvalue weighted by Crippen LogP contribution is 2.56. The van der Waals surface area contributed by atoms with Gasteiger partial charge in [-0.3, -0.25) is 14.4 Å². The number of halogens is 1. The lowest BCUT2D eigenvalue weighted by molar-refractivity contribution is -0.148. The summed E-state index contributed by atoms with van der Waals surface area (Å²) in [5.41, 5.74) is 1.96. The zero-order valence-electron chi connectivity index (χ0n) is 20.8. The van der Waals surface area contributed by atoms with E-state index in [0.717, 1.165) is 16.8 Å². The Morgan fingerprint density at radius 2 is 1.71 bits per heavy atom. The molecule has 0 spiro atoms. The molecule has 35 heavy (non-hydrogen) atoms. The molecule has 1 unspecified atom stereocenters. The fourth-order valence-electron chi connectivity index (χ4n) is 4.42. The summed E-state index contributed by atoms with van der Waals surface area (Å²) in [7, 11) is 0. The van der Waals surface area contributed by atoms with Crippen molar-refractivity contribution in [3.05, 3.63) is 64.2 Å². The van der Waals surface area contributed by atoms with Gasteiger partial charge in [-0.25, -0.2) is 0 Å². The quantitative estimate of drug-likeness (QED) is 0.481. The average Bonchev–Trinajstić information content (AvgIpc) is 3.04. The van der Waals surface area contributed by atoms with Gasteiger partial charge in [-0.1, -0.05) is 62.2 Å². The highest BCUT2D eigenvalue weighted by molar-refractivity contribution is 6.34. The Kier molecular flexibility index (Phi) is 9.21. The SMILES string of the molecule is CC1(C)C(C(=O)O)CC[C@@]1(C)C(=O)NCC=O.Cc1ccc(NC(=O)c2c(C)cccc2Cl)cc1. The maximum absolute atomic E-state index is 12.1. The molecule has 0 bridgehead atoms. The van der Waals surface area contributed by atoms with Crippen LogP contribution in [0.3, 0.4) is 0 Å². The van der Waals surface area contributed by atoms with Crippen molar-refractivity contribution in [2.45, 2.75) is 47.5 Å². The minimum atomic E-state index is -0.859. The van der Waals surface area contributed by atoms with Gasteiger partial charge in [0, 0.05) is 5.69 Å². The summed E-state index contributed by atoms with van der Waals surface area (Å²) in [5.74, 6) is -1.79. The van der Waals surface area contributed by atoms with Gasteiger partial charge in [0.15, 0.2) is 0 Å². The van der Waals surface area contributed by atoms with Crippen LogP contribution in [-0.2, 0) is 14.4 Å². The van der Waals surface area contributed by atoms with E-state index >= 15 is 0 Å². The number of benzene rings is 2. The Balaban J connectivity index is 0.000000247. The van der Waals surface area contributed by atoms with E-state index in [4.69, 9.17) is 16.7 Å². The molecule has 8 heteroatoms. The molecule has 3 N–H and O–H groups in total. The zero-order valence-corrected chi connectivity index (χ0v) is 21.5. The van der Waals surface area contributed by atoms with E-state index in [2.05, 4.69) is 10.6 Å². The molecule has 188 valence electrons. The molecule has 2 atom stereocenters. The highest BCUT2D eigenvalue weighted by Gasteiger charge is 2.58. The topological polar surface area (TPSA) is 113 Å². The van der Waals surface area contributed by atoms with Gasteiger partial charge in [0.25, 0.3) is 5.91 Å². The van der Waals surface area contributed by atoms with Crippen molar-refractivity contribution in [2.24, 2.45) is 16.7 Å². The first-order valence-electron chi connectivity index (χ1n) is 11.4. The van der Waals surface area contributed by atoms with Crippen molar-refractivity contribution in [3.8, 4) is 0 Å². The van der Waals surface area contributed by atoms with Gasteiger partial charge in [0.1, 0.15) is 6.29 Å². The molecule has 0 aromatic heterocycles. The first kappa shape index (κ1) is 28.1. The van der Waals surface area contributed by atoms with Crippen molar-refractivity contribution in [1.82, 2.24) is 5.32 Å². The molecule has 0 heterocycles. The number of hydrogen-bond acceptors (Lipinski definition) is 4. The fourth-order valence-corrected chi connectivity index (χ4v) is 4.73. The van der Waals surface area contributed by atoms with Crippen LogP contribution in [0.15, 0.2) is 42.5 Å². The number of nitrogens with one attached hydrogen (secondary N) is 2. The Labute approximate surface area is 211 Å². The first-order valence-corrected chi connectivity index (χ1v) is 11.8. The van der Waals surface area contributed by atoms with E-state index in [1.807, 2.05) is 50.2 Å². The van der Waals surface area contributed by atoms with Crippen LogP contribution in [0.2, 0.25) is 5.02 Å². The number of aliphatic carboxylic acids is 1. The van der Waals surface area contributed by atoms with Gasteiger partial charge in [0.05, 0.1) is 28.5 Å². The molecule has 1 aliphatic carbocycles. The van der Waals surface area contributed by atoms with E-state index < -0.39 is 22.7 Å². The maximum atomic E-state index is 12.1. The van der Waals surface area contributed by atoms with Crippen LogP contribution >= 0.6 is 11.6 Å². The van der Waals surface area contributed by atoms with Crippen LogP contribution in [0.4, 0.5) is 5.69 Å². The predicted molar refractivity (Wildman–Crippen MR) is 137 cm³/mol. The minimum absolute atomic E-state index is 0.0256. The second-order valence-electron chi connectivity index (χ2n) is 9.61. The van der Waals surface area contributed by atoms with Gasteiger partial charge in [0.2, 0.25) is 5.91 Å². The van der Waals surface area contributed by atoms with Crippen LogP contribution in [0.25, 0.3) is 0 Å². The van der Waals surface area contributed by atoms with Crippen molar-refractivity contribution < 1.29 is 24.3 Å². The highest BCUT2D eigenvalue weighted by atomic mass is 35.5. The number of carboxylic acids is 1. The maximum Gasteiger partial charge on any atom is 0.307 e. The monoisotopic (exact) mass is 500 g/mol. The first-order chi connectivity index (χ1) is 16.3. The Hall–Kier alpha value is -3.19. The number of rotatable bonds is 6. The summed E-state index contributed by atoms with van der Waals surface area (Å²) >= 11 is 6.06. The van der Waals surface area contributed by atoms with Gasteiger partial charge < -0.3 is 20.5 Å². The fraction of sp³-hybridized carbons (Fsp3) is 0.407. The molecular weight excluding hydrogens is 468 g/mol. The van der Waals surface area contributed by atoms with Crippen LogP contribution in [0, 0.1) is 30.6 Å². The molecule has 0 aliphatic heterocycles. The Morgan fingerprint density at radius 3 is 2.23 bits per heavy atom. The number of anilines is 1. The summed E-state index contributed by atoms with van der Waals surface area (Å²) in [6.07, 6.45) is 1.65. The molecule has 2 aromatic rings. The number of aryl methyl sites for hydroxylation is 2. The molecule has 1 saturated carbocycles. The van der Waals surface area contributed by atoms with Gasteiger partial charge in [-0.2, -0.15) is 0 Å². The molecular formula is C27H33ClN2O5. The van der Waals surface area contributed by atoms with Crippen molar-refractivity contribution >= 4 is 41.4 Å². The summed E-state index contributed by atoms with van der Waals surface area (Å²) in [6, 6.07) is 13.1. The minimum Gasteiger partial charge on any atom is -0.481 e. The summed E-state index contributed by atoms with van der Waals surface area (Å²) < 4.78 is 0. The molecule has 2 aromatic carbocycles. The Bertz CT molecular complexity index is 1080. The van der Waals surface area contributed by atoms with Crippen LogP contribution in [-0.4, -0.2) is 35.7 Å². The molecule has 1 aliphatic rings. The third-order valence-electron chi connectivity index (χ3n) is 7.13. The average molecular weight is 501 g/mol. The molecule has 3 rings (SSSR count). The lowest BCUT2D eigenvalue weighted by Crippen LogP contribution is -2.48. The summed E-state index contributed by atoms with van der Waals surface area (Å²) in [4.78, 5) is 45.6. The standard InChI is InChI=1S/C15H14ClNO.C12H19NO4/c1-10-6-8-12(9-7-10)17-15(18)14-11(2)4-3-5-13(14)16;1-11(2)8(9(15)16)4-5-12(11,3)10(17)13-6-7-14/h3-9H,1-2H3,(H,17,18);7-8H,4-6H2,1-3H3,(H,13,17)(H,15,16)/t;8?,12-/m.0/s1. The number of carbonyl (C=O) groups excluding carboxylic acids is 3. The van der Waals surface area contributed by atoms with E-state index in [1.165, 1.54) is 0 Å². The number of amides is 2. The predicted octanol–water partition coefficient (Wildman–Crippen LogP) is 5.04. The number of carbonyl (C=O) groups is 4. The Morgan fingerprint density at radius 1 is 1.09 bits per heavy atom. The third kappa shape index (κ3) is 6.28. The molecule has 1 fully saturated rings. The van der Waals surface area contributed by atoms with E-state index in [1.54, 1.807) is 26.8 Å². The molecule has 7 nitrogen and oxygen atoms in total. The van der Waals surface area contributed by atoms with Gasteiger partial charge >= 0.3 is 5.97 Å². The zero-order chi connectivity index (χ0) is 26.4. The lowest BCUT2D eigenvalue weighted by atomic mass is 9.65. The van der Waals surface area contributed by atoms with Crippen molar-refractivity contribution in [2.75, 3.05) is 11.9 Å². The third-order valence-corrected chi connectivity index (χ3v) is 7.44. The summed E-state index contributed by atoms with van der Waals surface area (Å²) in [5, 5.41) is 15.0. The van der Waals surface area contributed by atoms with Gasteiger partial charge in [-0.05, 0) is 55.9 Å². The lowest BCUT2D eigenvalue weighted by Gasteiger charge is -2.38. The van der Waals surface area contributed by atoms with Crippen LogP contribution in [0.5, 0.6) is 0 Å².